The summed E-state index contributed by atoms with van der Waals surface area (Å²) in [5.41, 5.74) is 1.82. The van der Waals surface area contributed by atoms with E-state index in [0.717, 1.165) is 31.4 Å². The van der Waals surface area contributed by atoms with Crippen LogP contribution < -0.4 is 5.32 Å². The van der Waals surface area contributed by atoms with E-state index in [1.807, 2.05) is 4.68 Å². The number of carbonyl (C=O) groups excluding carboxylic acids is 1. The molecule has 1 aliphatic rings. The fourth-order valence-corrected chi connectivity index (χ4v) is 3.66. The second-order valence-electron chi connectivity index (χ2n) is 6.85. The largest absolute Gasteiger partial charge is 0.325 e. The van der Waals surface area contributed by atoms with Gasteiger partial charge in [0.2, 0.25) is 5.91 Å². The van der Waals surface area contributed by atoms with Gasteiger partial charge in [-0.15, -0.1) is 5.10 Å². The van der Waals surface area contributed by atoms with Gasteiger partial charge in [-0.3, -0.25) is 9.69 Å². The highest BCUT2D eigenvalue weighted by Gasteiger charge is 2.24. The van der Waals surface area contributed by atoms with E-state index in [4.69, 9.17) is 11.6 Å². The zero-order valence-electron chi connectivity index (χ0n) is 14.9. The molecule has 4 rings (SSSR count). The summed E-state index contributed by atoms with van der Waals surface area (Å²) in [6.07, 6.45) is 1.62. The van der Waals surface area contributed by atoms with Crippen molar-refractivity contribution in [3.05, 3.63) is 53.1 Å². The van der Waals surface area contributed by atoms with Crippen LogP contribution in [0, 0.1) is 11.6 Å². The van der Waals surface area contributed by atoms with E-state index in [1.165, 1.54) is 30.3 Å². The molecule has 0 spiro atoms. The van der Waals surface area contributed by atoms with E-state index < -0.39 is 5.82 Å². The summed E-state index contributed by atoms with van der Waals surface area (Å²) in [7, 11) is 0. The molecule has 0 bridgehead atoms. The van der Waals surface area contributed by atoms with Crippen molar-refractivity contribution < 1.29 is 13.6 Å². The molecule has 0 aliphatic carbocycles. The highest BCUT2D eigenvalue weighted by Crippen LogP contribution is 2.26. The lowest BCUT2D eigenvalue weighted by molar-refractivity contribution is -0.117. The van der Waals surface area contributed by atoms with Crippen molar-refractivity contribution in [2.24, 2.45) is 0 Å². The molecule has 1 fully saturated rings. The average Bonchev–Trinajstić information content (AvgIpc) is 3.08. The first-order valence-corrected chi connectivity index (χ1v) is 9.35. The summed E-state index contributed by atoms with van der Waals surface area (Å²) in [5.74, 6) is -1.03. The van der Waals surface area contributed by atoms with E-state index in [1.54, 1.807) is 6.07 Å². The maximum atomic E-state index is 13.3. The van der Waals surface area contributed by atoms with Crippen LogP contribution >= 0.6 is 11.6 Å². The molecule has 0 unspecified atom stereocenters. The molecule has 1 aromatic heterocycles. The van der Waals surface area contributed by atoms with Gasteiger partial charge in [0.15, 0.2) is 0 Å². The minimum absolute atomic E-state index is 0.0291. The third-order valence-electron chi connectivity index (χ3n) is 4.91. The maximum Gasteiger partial charge on any atom is 0.238 e. The van der Waals surface area contributed by atoms with Crippen molar-refractivity contribution in [1.29, 1.82) is 0 Å². The SMILES string of the molecule is O=C(CN1CCC(n2nnc3cc(F)ccc32)CC1)Nc1ccc(F)c(Cl)c1. The first-order valence-electron chi connectivity index (χ1n) is 8.97. The highest BCUT2D eigenvalue weighted by molar-refractivity contribution is 6.31. The number of hydrogen-bond donors (Lipinski definition) is 1. The molecule has 0 atom stereocenters. The second-order valence-corrected chi connectivity index (χ2v) is 7.26. The number of benzene rings is 2. The Morgan fingerprint density at radius 2 is 1.96 bits per heavy atom. The third-order valence-corrected chi connectivity index (χ3v) is 5.20. The van der Waals surface area contributed by atoms with Crippen LogP contribution in [0.1, 0.15) is 18.9 Å². The Labute approximate surface area is 165 Å². The molecule has 146 valence electrons. The van der Waals surface area contributed by atoms with Gasteiger partial charge >= 0.3 is 0 Å². The number of fused-ring (bicyclic) bond motifs is 1. The molecular formula is C19H18ClF2N5O. The van der Waals surface area contributed by atoms with Gasteiger partial charge in [-0.1, -0.05) is 16.8 Å². The number of nitrogens with zero attached hydrogens (tertiary/aromatic N) is 4. The Hall–Kier alpha value is -2.58. The van der Waals surface area contributed by atoms with Crippen molar-refractivity contribution in [2.45, 2.75) is 18.9 Å². The van der Waals surface area contributed by atoms with Crippen LogP contribution in [0.5, 0.6) is 0 Å². The van der Waals surface area contributed by atoms with E-state index >= 15 is 0 Å². The molecule has 1 aliphatic heterocycles. The number of carbonyl (C=O) groups is 1. The average molecular weight is 406 g/mol. The van der Waals surface area contributed by atoms with Gasteiger partial charge in [0.05, 0.1) is 23.1 Å². The molecule has 2 aromatic carbocycles. The first-order chi connectivity index (χ1) is 13.5. The lowest BCUT2D eigenvalue weighted by Crippen LogP contribution is -2.39. The highest BCUT2D eigenvalue weighted by atomic mass is 35.5. The van der Waals surface area contributed by atoms with Gasteiger partial charge < -0.3 is 5.32 Å². The molecule has 9 heteroatoms. The molecule has 2 heterocycles. The molecular weight excluding hydrogens is 388 g/mol. The minimum Gasteiger partial charge on any atom is -0.325 e. The predicted molar refractivity (Wildman–Crippen MR) is 102 cm³/mol. The number of anilines is 1. The quantitative estimate of drug-likeness (QED) is 0.719. The number of hydrogen-bond acceptors (Lipinski definition) is 4. The van der Waals surface area contributed by atoms with Crippen LogP contribution in [-0.2, 0) is 4.79 Å². The molecule has 3 aromatic rings. The van der Waals surface area contributed by atoms with Gasteiger partial charge in [0.1, 0.15) is 17.2 Å². The smallest absolute Gasteiger partial charge is 0.238 e. The Morgan fingerprint density at radius 1 is 1.18 bits per heavy atom. The molecule has 0 radical (unpaired) electrons. The fraction of sp³-hybridized carbons (Fsp3) is 0.316. The summed E-state index contributed by atoms with van der Waals surface area (Å²) in [5, 5.41) is 10.9. The maximum absolute atomic E-state index is 13.3. The van der Waals surface area contributed by atoms with Crippen LogP contribution in [0.3, 0.4) is 0 Å². The second kappa shape index (κ2) is 7.81. The van der Waals surface area contributed by atoms with Gasteiger partial charge in [-0.25, -0.2) is 13.5 Å². The summed E-state index contributed by atoms with van der Waals surface area (Å²) >= 11 is 5.73. The Balaban J connectivity index is 1.33. The van der Waals surface area contributed by atoms with Gasteiger partial charge in [-0.05, 0) is 43.2 Å². The monoisotopic (exact) mass is 405 g/mol. The van der Waals surface area contributed by atoms with Crippen LogP contribution in [-0.4, -0.2) is 45.4 Å². The van der Waals surface area contributed by atoms with Crippen molar-refractivity contribution in [3.8, 4) is 0 Å². The Bertz CT molecular complexity index is 1020. The van der Waals surface area contributed by atoms with E-state index in [9.17, 15) is 13.6 Å². The zero-order valence-corrected chi connectivity index (χ0v) is 15.7. The van der Waals surface area contributed by atoms with Crippen LogP contribution in [0.4, 0.5) is 14.5 Å². The summed E-state index contributed by atoms with van der Waals surface area (Å²) in [4.78, 5) is 14.3. The van der Waals surface area contributed by atoms with Crippen molar-refractivity contribution in [2.75, 3.05) is 25.0 Å². The van der Waals surface area contributed by atoms with Crippen molar-refractivity contribution in [3.63, 3.8) is 0 Å². The zero-order chi connectivity index (χ0) is 19.7. The fourth-order valence-electron chi connectivity index (χ4n) is 3.48. The minimum atomic E-state index is -0.523. The molecule has 1 amide bonds. The standard InChI is InChI=1S/C19H18ClF2N5O/c20-15-10-13(2-3-16(15)22)23-19(28)11-26-7-5-14(6-8-26)27-18-4-1-12(21)9-17(18)24-25-27/h1-4,9-10,14H,5-8,11H2,(H,23,28). The number of amides is 1. The van der Waals surface area contributed by atoms with Crippen molar-refractivity contribution >= 4 is 34.2 Å². The number of likely N-dealkylation sites (tertiary alicyclic amines) is 1. The molecule has 1 saturated heterocycles. The molecule has 1 N–H and O–H groups in total. The molecule has 6 nitrogen and oxygen atoms in total. The summed E-state index contributed by atoms with van der Waals surface area (Å²) in [6.45, 7) is 1.70. The summed E-state index contributed by atoms with van der Waals surface area (Å²) < 4.78 is 28.3. The third kappa shape index (κ3) is 3.98. The Morgan fingerprint density at radius 3 is 2.71 bits per heavy atom. The lowest BCUT2D eigenvalue weighted by Gasteiger charge is -2.31. The number of piperidine rings is 1. The molecule has 0 saturated carbocycles. The van der Waals surface area contributed by atoms with Crippen LogP contribution in [0.15, 0.2) is 36.4 Å². The Kier molecular flexibility index (Phi) is 5.23. The lowest BCUT2D eigenvalue weighted by atomic mass is 10.0. The summed E-state index contributed by atoms with van der Waals surface area (Å²) in [6, 6.07) is 8.72. The van der Waals surface area contributed by atoms with E-state index in [0.29, 0.717) is 11.2 Å². The predicted octanol–water partition coefficient (Wildman–Crippen LogP) is 3.64. The van der Waals surface area contributed by atoms with Crippen LogP contribution in [0.25, 0.3) is 11.0 Å². The van der Waals surface area contributed by atoms with Crippen LogP contribution in [0.2, 0.25) is 5.02 Å². The number of aromatic nitrogens is 3. The van der Waals surface area contributed by atoms with E-state index in [-0.39, 0.29) is 29.3 Å². The van der Waals surface area contributed by atoms with Crippen molar-refractivity contribution in [1.82, 2.24) is 19.9 Å². The molecule has 28 heavy (non-hydrogen) atoms. The number of rotatable bonds is 4. The van der Waals surface area contributed by atoms with E-state index in [2.05, 4.69) is 20.5 Å². The van der Waals surface area contributed by atoms with Gasteiger partial charge in [0.25, 0.3) is 0 Å². The first kappa shape index (κ1) is 18.8. The normalized spacial score (nSPS) is 15.8. The van der Waals surface area contributed by atoms with Gasteiger partial charge in [-0.2, -0.15) is 0 Å². The topological polar surface area (TPSA) is 63.1 Å². The number of halogens is 3. The van der Waals surface area contributed by atoms with Gasteiger partial charge in [0, 0.05) is 24.8 Å². The number of nitrogens with one attached hydrogen (secondary N) is 1.